The van der Waals surface area contributed by atoms with E-state index in [-0.39, 0.29) is 0 Å². The summed E-state index contributed by atoms with van der Waals surface area (Å²) in [7, 11) is 2.03. The summed E-state index contributed by atoms with van der Waals surface area (Å²) < 4.78 is 5.20. The van der Waals surface area contributed by atoms with E-state index in [2.05, 4.69) is 4.90 Å². The molecule has 1 aliphatic rings. The number of allylic oxidation sites excluding steroid dienone is 1. The third kappa shape index (κ3) is 0.782. The summed E-state index contributed by atoms with van der Waals surface area (Å²) in [6, 6.07) is 0. The molecule has 0 amide bonds. The van der Waals surface area contributed by atoms with Gasteiger partial charge in [-0.15, -0.1) is 0 Å². The lowest BCUT2D eigenvalue weighted by molar-refractivity contribution is 0.244. The van der Waals surface area contributed by atoms with Gasteiger partial charge in [-0.2, -0.15) is 0 Å². The van der Waals surface area contributed by atoms with Gasteiger partial charge in [0.25, 0.3) is 0 Å². The van der Waals surface area contributed by atoms with Crippen molar-refractivity contribution < 1.29 is 4.74 Å². The van der Waals surface area contributed by atoms with Crippen molar-refractivity contribution in [3.8, 4) is 0 Å². The first-order valence-electron chi connectivity index (χ1n) is 2.85. The van der Waals surface area contributed by atoms with Crippen molar-refractivity contribution in [3.63, 3.8) is 0 Å². The maximum absolute atomic E-state index is 5.20. The molecule has 0 bridgehead atoms. The molecule has 0 N–H and O–H groups in total. The topological polar surface area (TPSA) is 12.5 Å². The molecule has 0 aromatic rings. The van der Waals surface area contributed by atoms with Crippen molar-refractivity contribution in [2.75, 3.05) is 20.2 Å². The van der Waals surface area contributed by atoms with Gasteiger partial charge < -0.3 is 9.64 Å². The molecule has 2 nitrogen and oxygen atoms in total. The Morgan fingerprint density at radius 3 is 2.75 bits per heavy atom. The van der Waals surface area contributed by atoms with Gasteiger partial charge in [-0.05, 0) is 13.0 Å². The van der Waals surface area contributed by atoms with Gasteiger partial charge in [0.15, 0.2) is 5.88 Å². The summed E-state index contributed by atoms with van der Waals surface area (Å²) in [5.74, 6) is 1.00. The second-order valence-electron chi connectivity index (χ2n) is 1.90. The van der Waals surface area contributed by atoms with E-state index in [1.165, 1.54) is 0 Å². The molecule has 0 aromatic carbocycles. The molecule has 1 fully saturated rings. The van der Waals surface area contributed by atoms with E-state index >= 15 is 0 Å². The average Bonchev–Trinajstić information content (AvgIpc) is 2.14. The minimum Gasteiger partial charge on any atom is -0.477 e. The Kier molecular flexibility index (Phi) is 1.42. The quantitative estimate of drug-likeness (QED) is 0.461. The average molecular weight is 113 g/mol. The normalized spacial score (nSPS) is 24.2. The maximum atomic E-state index is 5.20. The fourth-order valence-corrected chi connectivity index (χ4v) is 0.811. The van der Waals surface area contributed by atoms with Crippen LogP contribution in [-0.2, 0) is 4.74 Å². The molecule has 46 valence electrons. The number of ether oxygens (including phenoxy) is 1. The monoisotopic (exact) mass is 113 g/mol. The fourth-order valence-electron chi connectivity index (χ4n) is 0.811. The van der Waals surface area contributed by atoms with E-state index < -0.39 is 0 Å². The van der Waals surface area contributed by atoms with Crippen LogP contribution >= 0.6 is 0 Å². The predicted octanol–water partition coefficient (Wildman–Crippen LogP) is 0.810. The molecule has 0 unspecified atom stereocenters. The van der Waals surface area contributed by atoms with Gasteiger partial charge in [0.2, 0.25) is 0 Å². The first kappa shape index (κ1) is 5.48. The summed E-state index contributed by atoms with van der Waals surface area (Å²) in [5.41, 5.74) is 0. The Labute approximate surface area is 49.7 Å². The molecule has 1 saturated heterocycles. The zero-order valence-electron chi connectivity index (χ0n) is 5.35. The number of rotatable bonds is 0. The number of hydrogen-bond acceptors (Lipinski definition) is 2. The number of nitrogens with zero attached hydrogens (tertiary/aromatic N) is 1. The lowest BCUT2D eigenvalue weighted by Gasteiger charge is -2.07. The smallest absolute Gasteiger partial charge is 0.184 e. The number of likely N-dealkylation sites (N-methyl/N-ethyl adjacent to an activating group) is 1. The Balaban J connectivity index is 2.55. The molecule has 2 heteroatoms. The summed E-state index contributed by atoms with van der Waals surface area (Å²) in [5, 5.41) is 0. The molecule has 0 aliphatic carbocycles. The van der Waals surface area contributed by atoms with E-state index in [9.17, 15) is 0 Å². The fraction of sp³-hybridized carbons (Fsp3) is 0.667. The van der Waals surface area contributed by atoms with Gasteiger partial charge in [0.1, 0.15) is 6.61 Å². The first-order chi connectivity index (χ1) is 3.84. The lowest BCUT2D eigenvalue weighted by atomic mass is 10.6. The van der Waals surface area contributed by atoms with Crippen LogP contribution in [0.15, 0.2) is 12.0 Å². The van der Waals surface area contributed by atoms with Crippen molar-refractivity contribution >= 4 is 0 Å². The van der Waals surface area contributed by atoms with Crippen LogP contribution in [0.5, 0.6) is 0 Å². The Morgan fingerprint density at radius 2 is 2.50 bits per heavy atom. The van der Waals surface area contributed by atoms with Gasteiger partial charge in [-0.3, -0.25) is 0 Å². The van der Waals surface area contributed by atoms with Gasteiger partial charge >= 0.3 is 0 Å². The third-order valence-electron chi connectivity index (χ3n) is 1.30. The minimum absolute atomic E-state index is 0.843. The molecular formula is C6H11NO. The van der Waals surface area contributed by atoms with Gasteiger partial charge in [-0.25, -0.2) is 0 Å². The molecule has 1 heterocycles. The molecule has 0 spiro atoms. The Bertz CT molecular complexity index is 109. The second-order valence-corrected chi connectivity index (χ2v) is 1.90. The summed E-state index contributed by atoms with van der Waals surface area (Å²) >= 11 is 0. The van der Waals surface area contributed by atoms with Crippen LogP contribution in [0.1, 0.15) is 6.92 Å². The highest BCUT2D eigenvalue weighted by Gasteiger charge is 2.10. The van der Waals surface area contributed by atoms with E-state index in [0.29, 0.717) is 0 Å². The second kappa shape index (κ2) is 2.07. The third-order valence-corrected chi connectivity index (χ3v) is 1.30. The zero-order chi connectivity index (χ0) is 5.98. The molecule has 0 atom stereocenters. The summed E-state index contributed by atoms with van der Waals surface area (Å²) in [4.78, 5) is 2.10. The largest absolute Gasteiger partial charge is 0.477 e. The van der Waals surface area contributed by atoms with Crippen LogP contribution in [0.3, 0.4) is 0 Å². The first-order valence-corrected chi connectivity index (χ1v) is 2.85. The van der Waals surface area contributed by atoms with Crippen LogP contribution in [0, 0.1) is 0 Å². The lowest BCUT2D eigenvalue weighted by Crippen LogP contribution is -2.10. The molecule has 1 aliphatic heterocycles. The van der Waals surface area contributed by atoms with E-state index in [1.54, 1.807) is 0 Å². The maximum Gasteiger partial charge on any atom is 0.184 e. The van der Waals surface area contributed by atoms with Crippen molar-refractivity contribution in [1.82, 2.24) is 4.90 Å². The molecule has 0 saturated carbocycles. The predicted molar refractivity (Wildman–Crippen MR) is 32.3 cm³/mol. The van der Waals surface area contributed by atoms with Gasteiger partial charge in [0, 0.05) is 7.05 Å². The van der Waals surface area contributed by atoms with Crippen molar-refractivity contribution in [3.05, 3.63) is 12.0 Å². The van der Waals surface area contributed by atoms with Crippen molar-refractivity contribution in [2.24, 2.45) is 0 Å². The Morgan fingerprint density at radius 1 is 1.75 bits per heavy atom. The summed E-state index contributed by atoms with van der Waals surface area (Å²) in [6.07, 6.45) is 1.98. The van der Waals surface area contributed by atoms with Crippen molar-refractivity contribution in [1.29, 1.82) is 0 Å². The van der Waals surface area contributed by atoms with Crippen LogP contribution in [-0.4, -0.2) is 25.1 Å². The van der Waals surface area contributed by atoms with Crippen LogP contribution < -0.4 is 0 Å². The van der Waals surface area contributed by atoms with Crippen LogP contribution in [0.4, 0.5) is 0 Å². The molecule has 8 heavy (non-hydrogen) atoms. The zero-order valence-corrected chi connectivity index (χ0v) is 5.35. The van der Waals surface area contributed by atoms with Gasteiger partial charge in [-0.1, -0.05) is 0 Å². The van der Waals surface area contributed by atoms with E-state index in [1.807, 2.05) is 20.0 Å². The highest BCUT2D eigenvalue weighted by molar-refractivity contribution is 4.92. The highest BCUT2D eigenvalue weighted by Crippen LogP contribution is 2.09. The standard InChI is InChI=1S/C6H11NO/c1-3-6-7(2)4-5-8-6/h3H,4-5H2,1-2H3/b6-3-. The molecule has 1 rings (SSSR count). The molecular weight excluding hydrogens is 102 g/mol. The minimum atomic E-state index is 0.843. The van der Waals surface area contributed by atoms with E-state index in [4.69, 9.17) is 4.74 Å². The SMILES string of the molecule is C/C=C1\OCCN1C. The Hall–Kier alpha value is -0.660. The number of hydrogen-bond donors (Lipinski definition) is 0. The molecule has 0 aromatic heterocycles. The molecule has 0 radical (unpaired) electrons. The summed E-state index contributed by atoms with van der Waals surface area (Å²) in [6.45, 7) is 3.85. The van der Waals surface area contributed by atoms with Crippen molar-refractivity contribution in [2.45, 2.75) is 6.92 Å². The van der Waals surface area contributed by atoms with E-state index in [0.717, 1.165) is 19.0 Å². The highest BCUT2D eigenvalue weighted by atomic mass is 16.5. The van der Waals surface area contributed by atoms with Crippen LogP contribution in [0.25, 0.3) is 0 Å². The van der Waals surface area contributed by atoms with Crippen LogP contribution in [0.2, 0.25) is 0 Å². The van der Waals surface area contributed by atoms with Gasteiger partial charge in [0.05, 0.1) is 6.54 Å².